The summed E-state index contributed by atoms with van der Waals surface area (Å²) in [6.07, 6.45) is 2.03. The number of carbonyl (C=O) groups excluding carboxylic acids is 1. The minimum Gasteiger partial charge on any atom is -0.370 e. The van der Waals surface area contributed by atoms with Crippen molar-refractivity contribution in [1.29, 1.82) is 0 Å². The number of nitrogens with zero attached hydrogens (tertiary/aromatic N) is 2. The molecule has 0 saturated carbocycles. The third-order valence-corrected chi connectivity index (χ3v) is 1.54. The van der Waals surface area contributed by atoms with Crippen molar-refractivity contribution < 1.29 is 9.18 Å². The molecule has 0 unspecified atom stereocenters. The zero-order valence-corrected chi connectivity index (χ0v) is 7.53. The first kappa shape index (κ1) is 10.4. The Morgan fingerprint density at radius 2 is 2.36 bits per heavy atom. The van der Waals surface area contributed by atoms with Crippen LogP contribution in [0, 0.1) is 5.95 Å². The summed E-state index contributed by atoms with van der Waals surface area (Å²) >= 11 is 0. The van der Waals surface area contributed by atoms with Crippen LogP contribution in [-0.2, 0) is 4.79 Å². The van der Waals surface area contributed by atoms with E-state index in [0.29, 0.717) is 25.2 Å². The van der Waals surface area contributed by atoms with Gasteiger partial charge in [-0.25, -0.2) is 9.97 Å². The number of hydrogen-bond donors (Lipinski definition) is 2. The van der Waals surface area contributed by atoms with Crippen LogP contribution in [0.5, 0.6) is 0 Å². The van der Waals surface area contributed by atoms with Crippen LogP contribution in [0.1, 0.15) is 12.8 Å². The summed E-state index contributed by atoms with van der Waals surface area (Å²) in [6, 6.07) is 1.18. The van der Waals surface area contributed by atoms with Gasteiger partial charge in [-0.1, -0.05) is 0 Å². The maximum atomic E-state index is 12.5. The summed E-state index contributed by atoms with van der Waals surface area (Å²) in [5.74, 6) is -0.528. The van der Waals surface area contributed by atoms with Gasteiger partial charge >= 0.3 is 0 Å². The average molecular weight is 198 g/mol. The lowest BCUT2D eigenvalue weighted by Gasteiger charge is -2.03. The van der Waals surface area contributed by atoms with Crippen LogP contribution in [0.25, 0.3) is 0 Å². The molecule has 0 spiro atoms. The highest BCUT2D eigenvalue weighted by atomic mass is 19.1. The number of rotatable bonds is 5. The van der Waals surface area contributed by atoms with Gasteiger partial charge in [-0.05, 0) is 6.42 Å². The number of primary amides is 1. The maximum Gasteiger partial charge on any atom is 0.217 e. The predicted octanol–water partition coefficient (Wildman–Crippen LogP) is 0.293. The van der Waals surface area contributed by atoms with Crippen LogP contribution in [-0.4, -0.2) is 22.4 Å². The number of carbonyl (C=O) groups is 1. The lowest BCUT2D eigenvalue weighted by molar-refractivity contribution is -0.118. The molecule has 0 radical (unpaired) electrons. The van der Waals surface area contributed by atoms with Gasteiger partial charge in [0.15, 0.2) is 0 Å². The van der Waals surface area contributed by atoms with Crippen molar-refractivity contribution in [2.24, 2.45) is 5.73 Å². The van der Waals surface area contributed by atoms with Crippen molar-refractivity contribution in [3.05, 3.63) is 18.3 Å². The largest absolute Gasteiger partial charge is 0.370 e. The van der Waals surface area contributed by atoms with Crippen molar-refractivity contribution in [3.8, 4) is 0 Å². The predicted molar refractivity (Wildman–Crippen MR) is 48.9 cm³/mol. The number of nitrogens with two attached hydrogens (primary N) is 1. The molecule has 3 N–H and O–H groups in total. The smallest absolute Gasteiger partial charge is 0.217 e. The molecule has 5 nitrogen and oxygen atoms in total. The molecule has 0 bridgehead atoms. The Morgan fingerprint density at radius 1 is 1.57 bits per heavy atom. The molecule has 0 atom stereocenters. The molecule has 1 rings (SSSR count). The Morgan fingerprint density at radius 3 is 3.00 bits per heavy atom. The van der Waals surface area contributed by atoms with Gasteiger partial charge < -0.3 is 11.1 Å². The van der Waals surface area contributed by atoms with Gasteiger partial charge in [0.1, 0.15) is 12.1 Å². The number of anilines is 1. The number of amides is 1. The third kappa shape index (κ3) is 3.79. The lowest BCUT2D eigenvalue weighted by Crippen LogP contribution is -2.13. The van der Waals surface area contributed by atoms with E-state index in [2.05, 4.69) is 15.3 Å². The first-order chi connectivity index (χ1) is 6.68. The summed E-state index contributed by atoms with van der Waals surface area (Å²) in [7, 11) is 0. The molecular weight excluding hydrogens is 187 g/mol. The lowest BCUT2D eigenvalue weighted by atomic mass is 10.3. The van der Waals surface area contributed by atoms with Crippen molar-refractivity contribution in [1.82, 2.24) is 9.97 Å². The van der Waals surface area contributed by atoms with Gasteiger partial charge in [0.2, 0.25) is 11.9 Å². The van der Waals surface area contributed by atoms with Crippen molar-refractivity contribution >= 4 is 11.7 Å². The van der Waals surface area contributed by atoms with Crippen molar-refractivity contribution in [2.75, 3.05) is 11.9 Å². The average Bonchev–Trinajstić information content (AvgIpc) is 2.12. The molecule has 1 aromatic heterocycles. The van der Waals surface area contributed by atoms with E-state index in [1.54, 1.807) is 0 Å². The van der Waals surface area contributed by atoms with Gasteiger partial charge in [0.25, 0.3) is 0 Å². The number of nitrogens with one attached hydrogen (secondary N) is 1. The number of aromatic nitrogens is 2. The van der Waals surface area contributed by atoms with Crippen molar-refractivity contribution in [2.45, 2.75) is 12.8 Å². The van der Waals surface area contributed by atoms with E-state index in [-0.39, 0.29) is 5.91 Å². The van der Waals surface area contributed by atoms with Gasteiger partial charge in [-0.2, -0.15) is 4.39 Å². The fourth-order valence-corrected chi connectivity index (χ4v) is 0.909. The number of hydrogen-bond acceptors (Lipinski definition) is 4. The maximum absolute atomic E-state index is 12.5. The minimum atomic E-state index is -0.586. The second-order valence-electron chi connectivity index (χ2n) is 2.72. The SMILES string of the molecule is NC(=O)CCCNc1cc(F)ncn1. The first-order valence-corrected chi connectivity index (χ1v) is 4.18. The van der Waals surface area contributed by atoms with Gasteiger partial charge in [0, 0.05) is 19.0 Å². The van der Waals surface area contributed by atoms with Gasteiger partial charge in [-0.15, -0.1) is 0 Å². The normalized spacial score (nSPS) is 9.79. The highest BCUT2D eigenvalue weighted by molar-refractivity contribution is 5.73. The summed E-state index contributed by atoms with van der Waals surface area (Å²) in [4.78, 5) is 17.5. The molecule has 0 aliphatic heterocycles. The molecule has 0 fully saturated rings. The van der Waals surface area contributed by atoms with Crippen LogP contribution in [0.2, 0.25) is 0 Å². The highest BCUT2D eigenvalue weighted by Crippen LogP contribution is 2.02. The summed E-state index contributed by atoms with van der Waals surface area (Å²) < 4.78 is 12.5. The van der Waals surface area contributed by atoms with Crippen LogP contribution in [0.15, 0.2) is 12.4 Å². The van der Waals surface area contributed by atoms with E-state index in [9.17, 15) is 9.18 Å². The Labute approximate surface area is 80.5 Å². The molecule has 76 valence electrons. The topological polar surface area (TPSA) is 80.9 Å². The Hall–Kier alpha value is -1.72. The molecule has 0 aliphatic carbocycles. The van der Waals surface area contributed by atoms with E-state index in [4.69, 9.17) is 5.73 Å². The van der Waals surface area contributed by atoms with E-state index >= 15 is 0 Å². The molecule has 0 aliphatic rings. The first-order valence-electron chi connectivity index (χ1n) is 4.18. The monoisotopic (exact) mass is 198 g/mol. The highest BCUT2D eigenvalue weighted by Gasteiger charge is 1.97. The van der Waals surface area contributed by atoms with E-state index in [0.717, 1.165) is 6.33 Å². The summed E-state index contributed by atoms with van der Waals surface area (Å²) in [5.41, 5.74) is 4.94. The zero-order chi connectivity index (χ0) is 10.4. The van der Waals surface area contributed by atoms with Crippen LogP contribution < -0.4 is 11.1 Å². The molecule has 14 heavy (non-hydrogen) atoms. The van der Waals surface area contributed by atoms with E-state index < -0.39 is 5.95 Å². The van der Waals surface area contributed by atoms with Gasteiger partial charge in [-0.3, -0.25) is 4.79 Å². The van der Waals surface area contributed by atoms with Crippen LogP contribution in [0.3, 0.4) is 0 Å². The van der Waals surface area contributed by atoms with Crippen molar-refractivity contribution in [3.63, 3.8) is 0 Å². The minimum absolute atomic E-state index is 0.306. The Balaban J connectivity index is 2.28. The fourth-order valence-electron chi connectivity index (χ4n) is 0.909. The van der Waals surface area contributed by atoms with Gasteiger partial charge in [0.05, 0.1) is 0 Å². The molecule has 0 aromatic carbocycles. The quantitative estimate of drug-likeness (QED) is 0.526. The molecule has 0 saturated heterocycles. The molecule has 1 heterocycles. The second-order valence-corrected chi connectivity index (χ2v) is 2.72. The van der Waals surface area contributed by atoms with Crippen LogP contribution >= 0.6 is 0 Å². The van der Waals surface area contributed by atoms with Crippen LogP contribution in [0.4, 0.5) is 10.2 Å². The zero-order valence-electron chi connectivity index (χ0n) is 7.53. The molecular formula is C8H11FN4O. The summed E-state index contributed by atoms with van der Waals surface area (Å²) in [6.45, 7) is 0.527. The Kier molecular flexibility index (Phi) is 3.78. The molecule has 6 heteroatoms. The standard InChI is InChI=1S/C8H11FN4O/c9-6-4-8(13-5-12-6)11-3-1-2-7(10)14/h4-5H,1-3H2,(H2,10,14)(H,11,12,13). The molecule has 1 aromatic rings. The fraction of sp³-hybridized carbons (Fsp3) is 0.375. The second kappa shape index (κ2) is 5.11. The van der Waals surface area contributed by atoms with E-state index in [1.165, 1.54) is 6.07 Å². The van der Waals surface area contributed by atoms with E-state index in [1.807, 2.05) is 0 Å². The number of halogens is 1. The molecule has 1 amide bonds. The third-order valence-electron chi connectivity index (χ3n) is 1.54. The summed E-state index contributed by atoms with van der Waals surface area (Å²) in [5, 5.41) is 2.84. The Bertz CT molecular complexity index is 318.